The number of nitrogens with two attached hydrogens (primary N) is 1. The Kier molecular flexibility index (Phi) is 4.74. The first-order valence-corrected chi connectivity index (χ1v) is 8.36. The fourth-order valence-corrected chi connectivity index (χ4v) is 4.17. The zero-order chi connectivity index (χ0) is 13.8. The van der Waals surface area contributed by atoms with Crippen molar-refractivity contribution >= 4 is 0 Å². The molecule has 1 saturated carbocycles. The lowest BCUT2D eigenvalue weighted by atomic mass is 9.91. The third-order valence-corrected chi connectivity index (χ3v) is 5.22. The molecule has 1 saturated heterocycles. The summed E-state index contributed by atoms with van der Waals surface area (Å²) in [6.07, 6.45) is 9.37. The van der Waals surface area contributed by atoms with E-state index in [-0.39, 0.29) is 0 Å². The number of aryl methyl sites for hydroxylation is 1. The van der Waals surface area contributed by atoms with Gasteiger partial charge in [0.15, 0.2) is 0 Å². The first-order valence-electron chi connectivity index (χ1n) is 8.36. The van der Waals surface area contributed by atoms with E-state index in [0.717, 1.165) is 31.3 Å². The molecule has 0 radical (unpaired) electrons. The number of hydrogen-bond acceptors (Lipinski definition) is 2. The Bertz CT molecular complexity index is 403. The predicted molar refractivity (Wildman–Crippen MR) is 84.7 cm³/mol. The first kappa shape index (κ1) is 14.1. The number of rotatable bonds is 5. The molecule has 20 heavy (non-hydrogen) atoms. The van der Waals surface area contributed by atoms with Gasteiger partial charge in [-0.3, -0.25) is 4.90 Å². The smallest absolute Gasteiger partial charge is 0.0171 e. The minimum absolute atomic E-state index is 0.328. The maximum atomic E-state index is 6.39. The number of benzene rings is 1. The number of likely N-dealkylation sites (tertiary alicyclic amines) is 1. The third kappa shape index (κ3) is 3.42. The monoisotopic (exact) mass is 272 g/mol. The Balaban J connectivity index is 1.47. The summed E-state index contributed by atoms with van der Waals surface area (Å²) in [4.78, 5) is 2.71. The maximum absolute atomic E-state index is 6.39. The van der Waals surface area contributed by atoms with E-state index in [9.17, 15) is 0 Å². The summed E-state index contributed by atoms with van der Waals surface area (Å²) in [5, 5.41) is 0. The molecule has 3 atom stereocenters. The van der Waals surface area contributed by atoms with Gasteiger partial charge in [0.1, 0.15) is 0 Å². The van der Waals surface area contributed by atoms with Crippen LogP contribution in [0.4, 0.5) is 0 Å². The van der Waals surface area contributed by atoms with E-state index < -0.39 is 0 Å². The lowest BCUT2D eigenvalue weighted by Gasteiger charge is -2.39. The lowest BCUT2D eigenvalue weighted by molar-refractivity contribution is 0.105. The van der Waals surface area contributed by atoms with Gasteiger partial charge in [-0.05, 0) is 56.6 Å². The van der Waals surface area contributed by atoms with Crippen molar-refractivity contribution in [3.63, 3.8) is 0 Å². The molecule has 3 unspecified atom stereocenters. The molecule has 2 aliphatic rings. The van der Waals surface area contributed by atoms with Crippen molar-refractivity contribution in [2.75, 3.05) is 13.1 Å². The van der Waals surface area contributed by atoms with Gasteiger partial charge < -0.3 is 5.73 Å². The van der Waals surface area contributed by atoms with Crippen molar-refractivity contribution in [2.45, 2.75) is 57.0 Å². The van der Waals surface area contributed by atoms with Crippen molar-refractivity contribution in [2.24, 2.45) is 11.7 Å². The zero-order valence-electron chi connectivity index (χ0n) is 12.5. The van der Waals surface area contributed by atoms with Crippen molar-refractivity contribution in [1.29, 1.82) is 0 Å². The van der Waals surface area contributed by atoms with Crippen molar-refractivity contribution in [1.82, 2.24) is 4.90 Å². The van der Waals surface area contributed by atoms with Crippen LogP contribution in [-0.4, -0.2) is 30.1 Å². The molecule has 1 aromatic carbocycles. The summed E-state index contributed by atoms with van der Waals surface area (Å²) in [5.74, 6) is 0.977. The summed E-state index contributed by atoms with van der Waals surface area (Å²) < 4.78 is 0. The van der Waals surface area contributed by atoms with Crippen LogP contribution >= 0.6 is 0 Å². The van der Waals surface area contributed by atoms with E-state index in [1.807, 2.05) is 0 Å². The van der Waals surface area contributed by atoms with Crippen LogP contribution in [0.3, 0.4) is 0 Å². The molecular formula is C18H28N2. The second-order valence-corrected chi connectivity index (χ2v) is 6.68. The highest BCUT2D eigenvalue weighted by atomic mass is 15.2. The minimum atomic E-state index is 0.328. The molecule has 1 heterocycles. The largest absolute Gasteiger partial charge is 0.327 e. The second-order valence-electron chi connectivity index (χ2n) is 6.68. The molecule has 0 bridgehead atoms. The van der Waals surface area contributed by atoms with Crippen LogP contribution in [0.2, 0.25) is 0 Å². The average molecular weight is 272 g/mol. The zero-order valence-corrected chi connectivity index (χ0v) is 12.5. The summed E-state index contributed by atoms with van der Waals surface area (Å²) >= 11 is 0. The molecule has 2 heteroatoms. The summed E-state index contributed by atoms with van der Waals surface area (Å²) in [5.41, 5.74) is 7.81. The van der Waals surface area contributed by atoms with Gasteiger partial charge in [-0.2, -0.15) is 0 Å². The maximum Gasteiger partial charge on any atom is 0.0171 e. The molecule has 3 rings (SSSR count). The van der Waals surface area contributed by atoms with E-state index in [2.05, 4.69) is 35.2 Å². The normalized spacial score (nSPS) is 28.2. The van der Waals surface area contributed by atoms with Gasteiger partial charge in [0, 0.05) is 18.6 Å². The fourth-order valence-electron chi connectivity index (χ4n) is 4.17. The molecule has 0 spiro atoms. The average Bonchev–Trinajstić information content (AvgIpc) is 2.96. The van der Waals surface area contributed by atoms with Crippen LogP contribution in [0, 0.1) is 5.92 Å². The van der Waals surface area contributed by atoms with Crippen LogP contribution in [0.5, 0.6) is 0 Å². The van der Waals surface area contributed by atoms with Gasteiger partial charge >= 0.3 is 0 Å². The van der Waals surface area contributed by atoms with Crippen LogP contribution in [0.25, 0.3) is 0 Å². The molecule has 2 fully saturated rings. The predicted octanol–water partition coefficient (Wildman–Crippen LogP) is 3.21. The molecule has 0 aromatic heterocycles. The standard InChI is InChI=1S/C18H28N2/c19-17(12-11-15-6-2-1-3-7-15)14-20-13-5-9-16-8-4-10-18(16)20/h1-3,6-7,16-18H,4-5,8-14,19H2. The van der Waals surface area contributed by atoms with Crippen LogP contribution < -0.4 is 5.73 Å². The van der Waals surface area contributed by atoms with E-state index in [4.69, 9.17) is 5.73 Å². The van der Waals surface area contributed by atoms with Gasteiger partial charge in [-0.15, -0.1) is 0 Å². The summed E-state index contributed by atoms with van der Waals surface area (Å²) in [6, 6.07) is 11.9. The van der Waals surface area contributed by atoms with Gasteiger partial charge in [-0.25, -0.2) is 0 Å². The number of nitrogens with zero attached hydrogens (tertiary/aromatic N) is 1. The van der Waals surface area contributed by atoms with Crippen LogP contribution in [0.1, 0.15) is 44.1 Å². The molecule has 1 aromatic rings. The Labute approximate surface area is 123 Å². The number of hydrogen-bond donors (Lipinski definition) is 1. The molecule has 2 N–H and O–H groups in total. The van der Waals surface area contributed by atoms with Crippen LogP contribution in [0.15, 0.2) is 30.3 Å². The lowest BCUT2D eigenvalue weighted by Crippen LogP contribution is -2.48. The van der Waals surface area contributed by atoms with Crippen molar-refractivity contribution < 1.29 is 0 Å². The summed E-state index contributed by atoms with van der Waals surface area (Å²) in [6.45, 7) is 2.38. The third-order valence-electron chi connectivity index (χ3n) is 5.22. The molecule has 2 nitrogen and oxygen atoms in total. The van der Waals surface area contributed by atoms with Gasteiger partial charge in [0.25, 0.3) is 0 Å². The van der Waals surface area contributed by atoms with Gasteiger partial charge in [0.05, 0.1) is 0 Å². The Morgan fingerprint density at radius 1 is 1.10 bits per heavy atom. The van der Waals surface area contributed by atoms with Crippen LogP contribution in [-0.2, 0) is 6.42 Å². The number of piperidine rings is 1. The van der Waals surface area contributed by atoms with E-state index in [0.29, 0.717) is 6.04 Å². The Hall–Kier alpha value is -0.860. The van der Waals surface area contributed by atoms with Crippen molar-refractivity contribution in [3.8, 4) is 0 Å². The summed E-state index contributed by atoms with van der Waals surface area (Å²) in [7, 11) is 0. The highest BCUT2D eigenvalue weighted by molar-refractivity contribution is 5.14. The second kappa shape index (κ2) is 6.73. The van der Waals surface area contributed by atoms with E-state index >= 15 is 0 Å². The molecule has 1 aliphatic heterocycles. The molecule has 110 valence electrons. The molecule has 0 amide bonds. The molecule has 1 aliphatic carbocycles. The van der Waals surface area contributed by atoms with Crippen molar-refractivity contribution in [3.05, 3.63) is 35.9 Å². The van der Waals surface area contributed by atoms with E-state index in [1.54, 1.807) is 0 Å². The highest BCUT2D eigenvalue weighted by Crippen LogP contribution is 2.36. The Morgan fingerprint density at radius 3 is 2.75 bits per heavy atom. The number of fused-ring (bicyclic) bond motifs is 1. The fraction of sp³-hybridized carbons (Fsp3) is 0.667. The SMILES string of the molecule is NC(CCc1ccccc1)CN1CCCC2CCCC21. The van der Waals surface area contributed by atoms with E-state index in [1.165, 1.54) is 44.2 Å². The topological polar surface area (TPSA) is 29.3 Å². The minimum Gasteiger partial charge on any atom is -0.327 e. The van der Waals surface area contributed by atoms with Gasteiger partial charge in [0.2, 0.25) is 0 Å². The Morgan fingerprint density at radius 2 is 1.90 bits per heavy atom. The first-order chi connectivity index (χ1) is 9.83. The van der Waals surface area contributed by atoms with Gasteiger partial charge in [-0.1, -0.05) is 36.8 Å². The molecular weight excluding hydrogens is 244 g/mol. The highest BCUT2D eigenvalue weighted by Gasteiger charge is 2.35. The quantitative estimate of drug-likeness (QED) is 0.892.